The molecule has 0 radical (unpaired) electrons. The molecule has 1 unspecified atom stereocenters. The van der Waals surface area contributed by atoms with Crippen LogP contribution in [0.25, 0.3) is 0 Å². The first-order chi connectivity index (χ1) is 9.98. The van der Waals surface area contributed by atoms with Crippen LogP contribution >= 0.6 is 0 Å². The maximum Gasteiger partial charge on any atom is 0.573 e. The molecule has 1 aliphatic heterocycles. The Kier molecular flexibility index (Phi) is 5.44. The van der Waals surface area contributed by atoms with Gasteiger partial charge in [0.15, 0.2) is 6.29 Å². The van der Waals surface area contributed by atoms with Crippen LogP contribution in [0.1, 0.15) is 24.9 Å². The van der Waals surface area contributed by atoms with Crippen LogP contribution in [0.4, 0.5) is 13.2 Å². The summed E-state index contributed by atoms with van der Waals surface area (Å²) in [5.74, 6) is -0.226. The molecule has 7 heteroatoms. The lowest BCUT2D eigenvalue weighted by Crippen LogP contribution is -2.26. The Hall–Kier alpha value is -1.31. The van der Waals surface area contributed by atoms with Crippen LogP contribution in [0.3, 0.4) is 0 Å². The van der Waals surface area contributed by atoms with Gasteiger partial charge in [-0.25, -0.2) is 0 Å². The third kappa shape index (κ3) is 5.18. The highest BCUT2D eigenvalue weighted by Crippen LogP contribution is 2.28. The van der Waals surface area contributed by atoms with Crippen molar-refractivity contribution >= 4 is 0 Å². The van der Waals surface area contributed by atoms with Crippen LogP contribution in [-0.4, -0.2) is 32.4 Å². The molecule has 118 valence electrons. The summed E-state index contributed by atoms with van der Waals surface area (Å²) in [6.45, 7) is 3.70. The van der Waals surface area contributed by atoms with Crippen molar-refractivity contribution in [2.75, 3.05) is 19.8 Å². The predicted octanol–water partition coefficient (Wildman–Crippen LogP) is 3.00. The van der Waals surface area contributed by atoms with Crippen LogP contribution in [0.15, 0.2) is 24.3 Å². The summed E-state index contributed by atoms with van der Waals surface area (Å²) in [5, 5.41) is 3.22. The van der Waals surface area contributed by atoms with Gasteiger partial charge in [-0.1, -0.05) is 19.1 Å². The molecule has 2 rings (SSSR count). The van der Waals surface area contributed by atoms with Crippen molar-refractivity contribution in [2.45, 2.75) is 32.0 Å². The van der Waals surface area contributed by atoms with E-state index in [2.05, 4.69) is 10.1 Å². The van der Waals surface area contributed by atoms with Crippen LogP contribution < -0.4 is 10.1 Å². The number of hydrogen-bond donors (Lipinski definition) is 1. The van der Waals surface area contributed by atoms with Gasteiger partial charge in [-0.15, -0.1) is 13.2 Å². The lowest BCUT2D eigenvalue weighted by molar-refractivity contribution is -0.274. The zero-order valence-electron chi connectivity index (χ0n) is 11.7. The molecule has 0 aromatic heterocycles. The Labute approximate surface area is 121 Å². The standard InChI is InChI=1S/C14H18F3NO3/c1-2-18-12(9-13-19-6-7-20-13)10-4-3-5-11(8-10)21-14(15,16)17/h3-5,8,12-13,18H,2,6-7,9H2,1H3. The Morgan fingerprint density at radius 2 is 2.05 bits per heavy atom. The fourth-order valence-electron chi connectivity index (χ4n) is 2.25. The molecule has 1 fully saturated rings. The number of hydrogen-bond acceptors (Lipinski definition) is 4. The van der Waals surface area contributed by atoms with Crippen molar-refractivity contribution in [3.63, 3.8) is 0 Å². The predicted molar refractivity (Wildman–Crippen MR) is 69.9 cm³/mol. The topological polar surface area (TPSA) is 39.7 Å². The second-order valence-corrected chi connectivity index (χ2v) is 4.64. The Bertz CT molecular complexity index is 447. The zero-order chi connectivity index (χ0) is 15.3. The van der Waals surface area contributed by atoms with Gasteiger partial charge in [0.1, 0.15) is 5.75 Å². The van der Waals surface area contributed by atoms with Gasteiger partial charge in [-0.2, -0.15) is 0 Å². The third-order valence-corrected chi connectivity index (χ3v) is 3.06. The van der Waals surface area contributed by atoms with E-state index in [9.17, 15) is 13.2 Å². The largest absolute Gasteiger partial charge is 0.573 e. The number of halogens is 3. The van der Waals surface area contributed by atoms with Gasteiger partial charge in [-0.3, -0.25) is 0 Å². The van der Waals surface area contributed by atoms with Gasteiger partial charge >= 0.3 is 6.36 Å². The summed E-state index contributed by atoms with van der Waals surface area (Å²) in [5.41, 5.74) is 0.706. The summed E-state index contributed by atoms with van der Waals surface area (Å²) < 4.78 is 51.5. The summed E-state index contributed by atoms with van der Waals surface area (Å²) in [7, 11) is 0. The third-order valence-electron chi connectivity index (χ3n) is 3.06. The summed E-state index contributed by atoms with van der Waals surface area (Å²) in [6, 6.07) is 5.80. The SMILES string of the molecule is CCNC(CC1OCCO1)c1cccc(OC(F)(F)F)c1. The maximum atomic E-state index is 12.3. The molecule has 0 saturated carbocycles. The fourth-order valence-corrected chi connectivity index (χ4v) is 2.25. The second kappa shape index (κ2) is 7.11. The summed E-state index contributed by atoms with van der Waals surface area (Å²) in [6.07, 6.45) is -4.49. The second-order valence-electron chi connectivity index (χ2n) is 4.64. The lowest BCUT2D eigenvalue weighted by atomic mass is 10.0. The lowest BCUT2D eigenvalue weighted by Gasteiger charge is -2.22. The number of ether oxygens (including phenoxy) is 3. The van der Waals surface area contributed by atoms with Crippen LogP contribution in [0, 0.1) is 0 Å². The maximum absolute atomic E-state index is 12.3. The van der Waals surface area contributed by atoms with E-state index in [1.54, 1.807) is 6.07 Å². The van der Waals surface area contributed by atoms with Crippen LogP contribution in [0.5, 0.6) is 5.75 Å². The Morgan fingerprint density at radius 1 is 1.33 bits per heavy atom. The van der Waals surface area contributed by atoms with Crippen LogP contribution in [-0.2, 0) is 9.47 Å². The van der Waals surface area contributed by atoms with E-state index in [0.29, 0.717) is 31.7 Å². The van der Waals surface area contributed by atoms with E-state index < -0.39 is 6.36 Å². The summed E-state index contributed by atoms with van der Waals surface area (Å²) in [4.78, 5) is 0. The first-order valence-electron chi connectivity index (χ1n) is 6.80. The van der Waals surface area contributed by atoms with E-state index in [1.807, 2.05) is 6.92 Å². The van der Waals surface area contributed by atoms with Crippen LogP contribution in [0.2, 0.25) is 0 Å². The molecule has 21 heavy (non-hydrogen) atoms. The normalized spacial score (nSPS) is 17.9. The Balaban J connectivity index is 2.09. The average molecular weight is 305 g/mol. The molecule has 0 bridgehead atoms. The molecular weight excluding hydrogens is 287 g/mol. The van der Waals surface area contributed by atoms with Crippen molar-refractivity contribution in [3.05, 3.63) is 29.8 Å². The average Bonchev–Trinajstić information content (AvgIpc) is 2.89. The molecule has 1 heterocycles. The van der Waals surface area contributed by atoms with Gasteiger partial charge in [0.2, 0.25) is 0 Å². The molecule has 1 saturated heterocycles. The molecule has 0 aliphatic carbocycles. The van der Waals surface area contributed by atoms with Crippen molar-refractivity contribution in [1.29, 1.82) is 0 Å². The molecule has 1 atom stereocenters. The van der Waals surface area contributed by atoms with Gasteiger partial charge in [0.05, 0.1) is 13.2 Å². The van der Waals surface area contributed by atoms with Gasteiger partial charge < -0.3 is 19.5 Å². The number of alkyl halides is 3. The molecule has 1 aliphatic rings. The minimum Gasteiger partial charge on any atom is -0.406 e. The fraction of sp³-hybridized carbons (Fsp3) is 0.571. The highest BCUT2D eigenvalue weighted by Gasteiger charge is 2.31. The first-order valence-corrected chi connectivity index (χ1v) is 6.80. The number of nitrogens with one attached hydrogen (secondary N) is 1. The van der Waals surface area contributed by atoms with Gasteiger partial charge in [0.25, 0.3) is 0 Å². The molecular formula is C14H18F3NO3. The number of rotatable bonds is 6. The number of benzene rings is 1. The molecule has 1 aromatic carbocycles. The van der Waals surface area contributed by atoms with E-state index in [-0.39, 0.29) is 18.1 Å². The van der Waals surface area contributed by atoms with E-state index in [4.69, 9.17) is 9.47 Å². The van der Waals surface area contributed by atoms with E-state index in [1.165, 1.54) is 18.2 Å². The summed E-state index contributed by atoms with van der Waals surface area (Å²) >= 11 is 0. The monoisotopic (exact) mass is 305 g/mol. The van der Waals surface area contributed by atoms with Crippen molar-refractivity contribution in [2.24, 2.45) is 0 Å². The molecule has 1 N–H and O–H groups in total. The van der Waals surface area contributed by atoms with Crippen molar-refractivity contribution in [3.8, 4) is 5.75 Å². The Morgan fingerprint density at radius 3 is 2.67 bits per heavy atom. The molecule has 4 nitrogen and oxygen atoms in total. The highest BCUT2D eigenvalue weighted by molar-refractivity contribution is 5.30. The van der Waals surface area contributed by atoms with Crippen molar-refractivity contribution in [1.82, 2.24) is 5.32 Å². The zero-order valence-corrected chi connectivity index (χ0v) is 11.7. The molecule has 0 spiro atoms. The molecule has 1 aromatic rings. The first kappa shape index (κ1) is 16.1. The quantitative estimate of drug-likeness (QED) is 0.877. The van der Waals surface area contributed by atoms with E-state index >= 15 is 0 Å². The van der Waals surface area contributed by atoms with E-state index in [0.717, 1.165) is 0 Å². The molecule has 0 amide bonds. The van der Waals surface area contributed by atoms with Gasteiger partial charge in [0, 0.05) is 12.5 Å². The minimum atomic E-state index is -4.69. The highest BCUT2D eigenvalue weighted by atomic mass is 19.4. The van der Waals surface area contributed by atoms with Crippen molar-refractivity contribution < 1.29 is 27.4 Å². The minimum absolute atomic E-state index is 0.158. The smallest absolute Gasteiger partial charge is 0.406 e. The van der Waals surface area contributed by atoms with Gasteiger partial charge in [-0.05, 0) is 24.2 Å².